The molecule has 0 spiro atoms. The van der Waals surface area contributed by atoms with E-state index in [1.165, 1.54) is 0 Å². The quantitative estimate of drug-likeness (QED) is 0.902. The smallest absolute Gasteiger partial charge is 0.146 e. The largest absolute Gasteiger partial charge is 0.489 e. The van der Waals surface area contributed by atoms with Crippen LogP contribution in [-0.4, -0.2) is 22.8 Å². The molecule has 1 aromatic carbocycles. The lowest BCUT2D eigenvalue weighted by Crippen LogP contribution is -2.12. The van der Waals surface area contributed by atoms with E-state index in [9.17, 15) is 5.11 Å². The summed E-state index contributed by atoms with van der Waals surface area (Å²) in [6.45, 7) is 6.40. The normalized spacial score (nSPS) is 13.2. The van der Waals surface area contributed by atoms with Crippen molar-refractivity contribution in [2.45, 2.75) is 33.3 Å². The Kier molecular flexibility index (Phi) is 4.19. The Hall–Kier alpha value is -1.13. The Morgan fingerprint density at radius 3 is 2.78 bits per heavy atom. The van der Waals surface area contributed by atoms with Gasteiger partial charge in [0.05, 0.1) is 15.8 Å². The number of hydrogen-bond donors (Lipinski definition) is 1. The van der Waals surface area contributed by atoms with E-state index in [-0.39, 0.29) is 0 Å². The van der Waals surface area contributed by atoms with Crippen molar-refractivity contribution < 1.29 is 9.84 Å². The molecule has 0 radical (unpaired) electrons. The second-order valence-electron chi connectivity index (χ2n) is 4.97. The lowest BCUT2D eigenvalue weighted by atomic mass is 10.1. The summed E-state index contributed by atoms with van der Waals surface area (Å²) in [6, 6.07) is 5.94. The van der Waals surface area contributed by atoms with Gasteiger partial charge in [0, 0.05) is 6.42 Å². The molecule has 0 fully saturated rings. The third-order valence-corrected chi connectivity index (χ3v) is 3.53. The van der Waals surface area contributed by atoms with E-state index < -0.39 is 6.10 Å². The first kappa shape index (κ1) is 13.3. The molecule has 18 heavy (non-hydrogen) atoms. The summed E-state index contributed by atoms with van der Waals surface area (Å²) in [5.74, 6) is 1.37. The highest BCUT2D eigenvalue weighted by Crippen LogP contribution is 2.30. The fourth-order valence-corrected chi connectivity index (χ4v) is 2.93. The Morgan fingerprint density at radius 1 is 1.33 bits per heavy atom. The number of ether oxygens (including phenoxy) is 1. The number of hydrogen-bond acceptors (Lipinski definition) is 4. The van der Waals surface area contributed by atoms with Gasteiger partial charge in [0.1, 0.15) is 17.9 Å². The third kappa shape index (κ3) is 3.21. The number of aromatic nitrogens is 1. The van der Waals surface area contributed by atoms with E-state index in [1.807, 2.05) is 12.1 Å². The minimum Gasteiger partial charge on any atom is -0.489 e. The van der Waals surface area contributed by atoms with Gasteiger partial charge in [-0.2, -0.15) is 0 Å². The Bertz CT molecular complexity index is 519. The average Bonchev–Trinajstić information content (AvgIpc) is 2.67. The zero-order chi connectivity index (χ0) is 13.1. The van der Waals surface area contributed by atoms with Crippen molar-refractivity contribution in [2.24, 2.45) is 5.92 Å². The molecular formula is C14H19NO2S. The molecule has 1 heterocycles. The molecule has 1 unspecified atom stereocenters. The van der Waals surface area contributed by atoms with Gasteiger partial charge < -0.3 is 9.84 Å². The fraction of sp³-hybridized carbons (Fsp3) is 0.500. The SMILES string of the molecule is CC(C)Cc1nc2c(OCC(C)O)cccc2s1. The Balaban J connectivity index is 2.27. The molecule has 98 valence electrons. The van der Waals surface area contributed by atoms with Gasteiger partial charge in [-0.3, -0.25) is 0 Å². The molecule has 2 aromatic rings. The zero-order valence-electron chi connectivity index (χ0n) is 11.0. The first-order valence-electron chi connectivity index (χ1n) is 6.25. The van der Waals surface area contributed by atoms with Crippen molar-refractivity contribution in [1.82, 2.24) is 4.98 Å². The van der Waals surface area contributed by atoms with Crippen LogP contribution in [0.25, 0.3) is 10.2 Å². The molecule has 4 heteroatoms. The zero-order valence-corrected chi connectivity index (χ0v) is 11.8. The van der Waals surface area contributed by atoms with Crippen molar-refractivity contribution in [1.29, 1.82) is 0 Å². The summed E-state index contributed by atoms with van der Waals surface area (Å²) >= 11 is 1.72. The van der Waals surface area contributed by atoms with Crippen molar-refractivity contribution >= 4 is 21.6 Å². The highest BCUT2D eigenvalue weighted by atomic mass is 32.1. The van der Waals surface area contributed by atoms with Gasteiger partial charge >= 0.3 is 0 Å². The topological polar surface area (TPSA) is 42.4 Å². The molecule has 2 rings (SSSR count). The average molecular weight is 265 g/mol. The van der Waals surface area contributed by atoms with Crippen molar-refractivity contribution in [3.8, 4) is 5.75 Å². The van der Waals surface area contributed by atoms with Gasteiger partial charge in [0.25, 0.3) is 0 Å². The minimum absolute atomic E-state index is 0.302. The maximum atomic E-state index is 9.27. The van der Waals surface area contributed by atoms with E-state index in [0.29, 0.717) is 12.5 Å². The van der Waals surface area contributed by atoms with E-state index in [1.54, 1.807) is 18.3 Å². The number of aliphatic hydroxyl groups is 1. The lowest BCUT2D eigenvalue weighted by molar-refractivity contribution is 0.123. The van der Waals surface area contributed by atoms with Crippen LogP contribution >= 0.6 is 11.3 Å². The first-order valence-corrected chi connectivity index (χ1v) is 7.07. The van der Waals surface area contributed by atoms with Gasteiger partial charge in [-0.1, -0.05) is 19.9 Å². The molecule has 0 aliphatic rings. The highest BCUT2D eigenvalue weighted by Gasteiger charge is 2.10. The van der Waals surface area contributed by atoms with E-state index in [2.05, 4.69) is 24.9 Å². The van der Waals surface area contributed by atoms with Crippen LogP contribution in [0.4, 0.5) is 0 Å². The second kappa shape index (κ2) is 5.67. The van der Waals surface area contributed by atoms with Crippen LogP contribution in [0.2, 0.25) is 0 Å². The standard InChI is InChI=1S/C14H19NO2S/c1-9(2)7-13-15-14-11(17-8-10(3)16)5-4-6-12(14)18-13/h4-6,9-10,16H,7-8H2,1-3H3. The number of thiazole rings is 1. The molecule has 0 aliphatic heterocycles. The molecule has 1 aromatic heterocycles. The Morgan fingerprint density at radius 2 is 2.11 bits per heavy atom. The number of aliphatic hydroxyl groups excluding tert-OH is 1. The molecule has 0 saturated heterocycles. The molecule has 0 aliphatic carbocycles. The van der Waals surface area contributed by atoms with Gasteiger partial charge in [0.2, 0.25) is 0 Å². The summed E-state index contributed by atoms with van der Waals surface area (Å²) in [6.07, 6.45) is 0.531. The molecule has 1 N–H and O–H groups in total. The predicted octanol–water partition coefficient (Wildman–Crippen LogP) is 3.25. The fourth-order valence-electron chi connectivity index (χ4n) is 1.73. The predicted molar refractivity (Wildman–Crippen MR) is 75.3 cm³/mol. The van der Waals surface area contributed by atoms with E-state index in [4.69, 9.17) is 4.74 Å². The Labute approximate surface area is 111 Å². The number of rotatable bonds is 5. The van der Waals surface area contributed by atoms with Gasteiger partial charge in [-0.05, 0) is 25.0 Å². The maximum Gasteiger partial charge on any atom is 0.146 e. The van der Waals surface area contributed by atoms with Crippen LogP contribution in [0.1, 0.15) is 25.8 Å². The first-order chi connectivity index (χ1) is 8.56. The minimum atomic E-state index is -0.464. The van der Waals surface area contributed by atoms with Crippen LogP contribution in [0, 0.1) is 5.92 Å². The molecular weight excluding hydrogens is 246 g/mol. The molecule has 0 bridgehead atoms. The van der Waals surface area contributed by atoms with E-state index in [0.717, 1.165) is 27.4 Å². The summed E-state index contributed by atoms with van der Waals surface area (Å²) in [4.78, 5) is 4.64. The third-order valence-electron chi connectivity index (χ3n) is 2.49. The summed E-state index contributed by atoms with van der Waals surface area (Å²) in [5.41, 5.74) is 0.916. The monoisotopic (exact) mass is 265 g/mol. The second-order valence-corrected chi connectivity index (χ2v) is 6.08. The molecule has 0 amide bonds. The molecule has 0 saturated carbocycles. The van der Waals surface area contributed by atoms with Crippen LogP contribution in [0.15, 0.2) is 18.2 Å². The maximum absolute atomic E-state index is 9.27. The number of para-hydroxylation sites is 1. The molecule has 1 atom stereocenters. The number of fused-ring (bicyclic) bond motifs is 1. The van der Waals surface area contributed by atoms with Crippen molar-refractivity contribution in [3.05, 3.63) is 23.2 Å². The summed E-state index contributed by atoms with van der Waals surface area (Å²) in [5, 5.41) is 10.4. The summed E-state index contributed by atoms with van der Waals surface area (Å²) in [7, 11) is 0. The number of benzene rings is 1. The van der Waals surface area contributed by atoms with Gasteiger partial charge in [-0.25, -0.2) is 4.98 Å². The van der Waals surface area contributed by atoms with Gasteiger partial charge in [0.15, 0.2) is 0 Å². The van der Waals surface area contributed by atoms with Crippen LogP contribution in [0.5, 0.6) is 5.75 Å². The van der Waals surface area contributed by atoms with Crippen LogP contribution < -0.4 is 4.74 Å². The van der Waals surface area contributed by atoms with Crippen molar-refractivity contribution in [2.75, 3.05) is 6.61 Å². The van der Waals surface area contributed by atoms with Crippen LogP contribution in [0.3, 0.4) is 0 Å². The number of nitrogens with zero attached hydrogens (tertiary/aromatic N) is 1. The van der Waals surface area contributed by atoms with Gasteiger partial charge in [-0.15, -0.1) is 11.3 Å². The molecule has 3 nitrogen and oxygen atoms in total. The van der Waals surface area contributed by atoms with Crippen LogP contribution in [-0.2, 0) is 6.42 Å². The summed E-state index contributed by atoms with van der Waals surface area (Å²) < 4.78 is 6.74. The lowest BCUT2D eigenvalue weighted by Gasteiger charge is -2.08. The highest BCUT2D eigenvalue weighted by molar-refractivity contribution is 7.18. The van der Waals surface area contributed by atoms with Crippen molar-refractivity contribution in [3.63, 3.8) is 0 Å². The van der Waals surface area contributed by atoms with E-state index >= 15 is 0 Å².